The summed E-state index contributed by atoms with van der Waals surface area (Å²) in [6.45, 7) is 1.57. The summed E-state index contributed by atoms with van der Waals surface area (Å²) in [4.78, 5) is 50.7. The van der Waals surface area contributed by atoms with E-state index in [0.717, 1.165) is 35.8 Å². The van der Waals surface area contributed by atoms with Gasteiger partial charge in [0.05, 0.1) is 16.1 Å². The molecule has 3 amide bonds. The molecule has 1 saturated heterocycles. The van der Waals surface area contributed by atoms with Crippen molar-refractivity contribution in [1.82, 2.24) is 4.90 Å². The molecule has 0 saturated carbocycles. The lowest BCUT2D eigenvalue weighted by molar-refractivity contribution is -0.384. The van der Waals surface area contributed by atoms with Crippen LogP contribution in [0, 0.1) is 10.1 Å². The number of anilines is 2. The van der Waals surface area contributed by atoms with Crippen molar-refractivity contribution in [3.63, 3.8) is 0 Å². The van der Waals surface area contributed by atoms with Gasteiger partial charge in [0, 0.05) is 36.6 Å². The van der Waals surface area contributed by atoms with E-state index in [1.165, 1.54) is 25.3 Å². The van der Waals surface area contributed by atoms with Crippen molar-refractivity contribution >= 4 is 34.8 Å². The molecule has 0 bridgehead atoms. The minimum Gasteiger partial charge on any atom is -0.372 e. The fourth-order valence-corrected chi connectivity index (χ4v) is 3.79. The summed E-state index contributed by atoms with van der Waals surface area (Å²) >= 11 is 0. The van der Waals surface area contributed by atoms with Gasteiger partial charge < -0.3 is 10.2 Å². The van der Waals surface area contributed by atoms with E-state index < -0.39 is 29.2 Å². The molecule has 2 heterocycles. The molecule has 9 heteroatoms. The molecule has 0 radical (unpaired) electrons. The summed E-state index contributed by atoms with van der Waals surface area (Å²) in [5.41, 5.74) is 1.37. The monoisotopic (exact) mass is 408 g/mol. The summed E-state index contributed by atoms with van der Waals surface area (Å²) in [7, 11) is 0. The normalized spacial score (nSPS) is 15.9. The maximum absolute atomic E-state index is 12.5. The third kappa shape index (κ3) is 3.73. The zero-order chi connectivity index (χ0) is 21.3. The number of carbonyl (C=O) groups excluding carboxylic acids is 3. The van der Waals surface area contributed by atoms with Crippen molar-refractivity contribution in [2.45, 2.75) is 19.3 Å². The van der Waals surface area contributed by atoms with Gasteiger partial charge in [-0.1, -0.05) is 0 Å². The van der Waals surface area contributed by atoms with Crippen LogP contribution in [-0.2, 0) is 4.79 Å². The van der Waals surface area contributed by atoms with E-state index in [1.807, 2.05) is 12.1 Å². The summed E-state index contributed by atoms with van der Waals surface area (Å²) < 4.78 is 0. The second-order valence-corrected chi connectivity index (χ2v) is 7.33. The molecule has 0 atom stereocenters. The minimum atomic E-state index is -0.714. The number of non-ortho nitro benzene ring substituents is 1. The third-order valence-electron chi connectivity index (χ3n) is 5.34. The number of nitro benzene ring substituents is 1. The van der Waals surface area contributed by atoms with Gasteiger partial charge >= 0.3 is 0 Å². The number of amides is 3. The Bertz CT molecular complexity index is 1030. The van der Waals surface area contributed by atoms with Crippen LogP contribution in [0.15, 0.2) is 42.5 Å². The molecule has 0 unspecified atom stereocenters. The Morgan fingerprint density at radius 3 is 2.30 bits per heavy atom. The second kappa shape index (κ2) is 7.94. The number of imide groups is 1. The Labute approximate surface area is 172 Å². The summed E-state index contributed by atoms with van der Waals surface area (Å²) in [6, 6.07) is 10.9. The topological polar surface area (TPSA) is 113 Å². The number of fused-ring (bicyclic) bond motifs is 1. The fraction of sp³-hybridized carbons (Fsp3) is 0.286. The molecule has 2 aliphatic heterocycles. The highest BCUT2D eigenvalue weighted by atomic mass is 16.6. The van der Waals surface area contributed by atoms with E-state index in [0.29, 0.717) is 5.69 Å². The lowest BCUT2D eigenvalue weighted by Crippen LogP contribution is -2.37. The van der Waals surface area contributed by atoms with E-state index in [-0.39, 0.29) is 16.8 Å². The van der Waals surface area contributed by atoms with Crippen molar-refractivity contribution in [3.8, 4) is 0 Å². The average molecular weight is 408 g/mol. The molecule has 2 aromatic carbocycles. The SMILES string of the molecule is O=C(CN1C(=O)c2ccc([N+](=O)[O-])cc2C1=O)Nc1ccc(N2CCCCC2)cc1. The van der Waals surface area contributed by atoms with Crippen LogP contribution < -0.4 is 10.2 Å². The van der Waals surface area contributed by atoms with Crippen molar-refractivity contribution in [3.05, 3.63) is 63.7 Å². The number of hydrogen-bond acceptors (Lipinski definition) is 6. The van der Waals surface area contributed by atoms with Crippen molar-refractivity contribution in [2.24, 2.45) is 0 Å². The first kappa shape index (κ1) is 19.6. The predicted octanol–water partition coefficient (Wildman–Crippen LogP) is 2.82. The summed E-state index contributed by atoms with van der Waals surface area (Å²) in [5, 5.41) is 13.6. The smallest absolute Gasteiger partial charge is 0.270 e. The first-order valence-corrected chi connectivity index (χ1v) is 9.73. The number of nitrogens with zero attached hydrogens (tertiary/aromatic N) is 3. The first-order valence-electron chi connectivity index (χ1n) is 9.73. The molecule has 2 aromatic rings. The Morgan fingerprint density at radius 2 is 1.63 bits per heavy atom. The van der Waals surface area contributed by atoms with Crippen molar-refractivity contribution in [2.75, 3.05) is 29.9 Å². The van der Waals surface area contributed by atoms with E-state index >= 15 is 0 Å². The highest BCUT2D eigenvalue weighted by Crippen LogP contribution is 2.27. The molecule has 0 spiro atoms. The van der Waals surface area contributed by atoms with Gasteiger partial charge in [0.15, 0.2) is 0 Å². The number of piperidine rings is 1. The Balaban J connectivity index is 1.41. The van der Waals surface area contributed by atoms with Gasteiger partial charge in [0.1, 0.15) is 6.54 Å². The van der Waals surface area contributed by atoms with E-state index in [9.17, 15) is 24.5 Å². The number of nitrogens with one attached hydrogen (secondary N) is 1. The van der Waals surface area contributed by atoms with Crippen LogP contribution in [0.5, 0.6) is 0 Å². The molecular weight excluding hydrogens is 388 g/mol. The van der Waals surface area contributed by atoms with E-state index in [1.54, 1.807) is 12.1 Å². The minimum absolute atomic E-state index is 0.0595. The molecular formula is C21H20N4O5. The van der Waals surface area contributed by atoms with Gasteiger partial charge in [-0.2, -0.15) is 0 Å². The standard InChI is InChI=1S/C21H20N4O5/c26-19(22-14-4-6-15(7-5-14)23-10-2-1-3-11-23)13-24-20(27)17-9-8-16(25(29)30)12-18(17)21(24)28/h4-9,12H,1-3,10-11,13H2,(H,22,26). The maximum atomic E-state index is 12.5. The molecule has 1 fully saturated rings. The summed E-state index contributed by atoms with van der Waals surface area (Å²) in [6.07, 6.45) is 3.58. The zero-order valence-electron chi connectivity index (χ0n) is 16.2. The first-order chi connectivity index (χ1) is 14.4. The Hall–Kier alpha value is -3.75. The average Bonchev–Trinajstić information content (AvgIpc) is 2.99. The van der Waals surface area contributed by atoms with Crippen molar-refractivity contribution in [1.29, 1.82) is 0 Å². The largest absolute Gasteiger partial charge is 0.372 e. The highest BCUT2D eigenvalue weighted by Gasteiger charge is 2.37. The van der Waals surface area contributed by atoms with Crippen LogP contribution in [0.2, 0.25) is 0 Å². The van der Waals surface area contributed by atoms with E-state index in [2.05, 4.69) is 10.2 Å². The number of hydrogen-bond donors (Lipinski definition) is 1. The van der Waals surface area contributed by atoms with Gasteiger partial charge in [-0.25, -0.2) is 0 Å². The molecule has 0 aromatic heterocycles. The van der Waals surface area contributed by atoms with Crippen LogP contribution in [0.25, 0.3) is 0 Å². The number of rotatable bonds is 5. The summed E-state index contributed by atoms with van der Waals surface area (Å²) in [5.74, 6) is -1.88. The van der Waals surface area contributed by atoms with E-state index in [4.69, 9.17) is 0 Å². The van der Waals surface area contributed by atoms with Crippen molar-refractivity contribution < 1.29 is 19.3 Å². The van der Waals surface area contributed by atoms with Crippen LogP contribution in [0.4, 0.5) is 17.1 Å². The molecule has 154 valence electrons. The molecule has 1 N–H and O–H groups in total. The van der Waals surface area contributed by atoms with Crippen LogP contribution in [0.3, 0.4) is 0 Å². The highest BCUT2D eigenvalue weighted by molar-refractivity contribution is 6.23. The van der Waals surface area contributed by atoms with Gasteiger partial charge in [0.2, 0.25) is 5.91 Å². The van der Waals surface area contributed by atoms with Crippen LogP contribution >= 0.6 is 0 Å². The van der Waals surface area contributed by atoms with Crippen LogP contribution in [0.1, 0.15) is 40.0 Å². The number of carbonyl (C=O) groups is 3. The van der Waals surface area contributed by atoms with Crippen LogP contribution in [-0.4, -0.2) is 47.2 Å². The predicted molar refractivity (Wildman–Crippen MR) is 110 cm³/mol. The van der Waals surface area contributed by atoms with Gasteiger partial charge in [-0.15, -0.1) is 0 Å². The lowest BCUT2D eigenvalue weighted by atomic mass is 10.1. The Kier molecular flexibility index (Phi) is 5.18. The molecule has 4 rings (SSSR count). The molecule has 2 aliphatic rings. The Morgan fingerprint density at radius 1 is 0.967 bits per heavy atom. The molecule has 30 heavy (non-hydrogen) atoms. The molecule has 0 aliphatic carbocycles. The third-order valence-corrected chi connectivity index (χ3v) is 5.34. The fourth-order valence-electron chi connectivity index (χ4n) is 3.79. The lowest BCUT2D eigenvalue weighted by Gasteiger charge is -2.28. The van der Waals surface area contributed by atoms with Gasteiger partial charge in [-0.05, 0) is 49.6 Å². The zero-order valence-corrected chi connectivity index (χ0v) is 16.2. The maximum Gasteiger partial charge on any atom is 0.270 e. The second-order valence-electron chi connectivity index (χ2n) is 7.33. The number of nitro groups is 1. The quantitative estimate of drug-likeness (QED) is 0.462. The number of benzene rings is 2. The van der Waals surface area contributed by atoms with Gasteiger partial charge in [0.25, 0.3) is 17.5 Å². The molecule has 9 nitrogen and oxygen atoms in total. The van der Waals surface area contributed by atoms with Gasteiger partial charge in [-0.3, -0.25) is 29.4 Å².